The summed E-state index contributed by atoms with van der Waals surface area (Å²) in [5.74, 6) is -2.45. The fourth-order valence-corrected chi connectivity index (χ4v) is 1.99. The molecule has 1 atom stereocenters. The molecule has 0 aliphatic carbocycles. The van der Waals surface area contributed by atoms with Crippen LogP contribution in [0.5, 0.6) is 0 Å². The Kier molecular flexibility index (Phi) is 3.18. The van der Waals surface area contributed by atoms with Crippen molar-refractivity contribution in [3.8, 4) is 0 Å². The molecule has 18 heavy (non-hydrogen) atoms. The summed E-state index contributed by atoms with van der Waals surface area (Å²) in [6.07, 6.45) is 0.429. The molecule has 6 heteroatoms. The first-order chi connectivity index (χ1) is 8.49. The quantitative estimate of drug-likeness (QED) is 0.768. The number of likely N-dealkylation sites (tertiary alicyclic amines) is 1. The summed E-state index contributed by atoms with van der Waals surface area (Å²) in [7, 11) is 0. The average Bonchev–Trinajstić information content (AvgIpc) is 2.81. The van der Waals surface area contributed by atoms with Crippen LogP contribution in [0, 0.1) is 11.7 Å². The Morgan fingerprint density at radius 3 is 2.72 bits per heavy atom. The van der Waals surface area contributed by atoms with E-state index in [1.165, 1.54) is 17.0 Å². The van der Waals surface area contributed by atoms with Crippen LogP contribution < -0.4 is 5.73 Å². The van der Waals surface area contributed by atoms with Gasteiger partial charge in [0.15, 0.2) is 0 Å². The van der Waals surface area contributed by atoms with E-state index >= 15 is 0 Å². The van der Waals surface area contributed by atoms with E-state index in [-0.39, 0.29) is 23.7 Å². The second kappa shape index (κ2) is 4.64. The number of halogens is 1. The number of nitrogen functional groups attached to an aromatic ring is 1. The minimum Gasteiger partial charge on any atom is -0.481 e. The summed E-state index contributed by atoms with van der Waals surface area (Å²) in [6, 6.07) is 3.84. The molecule has 1 heterocycles. The maximum Gasteiger partial charge on any atom is 0.308 e. The lowest BCUT2D eigenvalue weighted by molar-refractivity contribution is -0.141. The van der Waals surface area contributed by atoms with Gasteiger partial charge in [0.1, 0.15) is 5.82 Å². The number of carbonyl (C=O) groups is 2. The third kappa shape index (κ3) is 2.27. The van der Waals surface area contributed by atoms with Gasteiger partial charge in [-0.3, -0.25) is 9.59 Å². The normalized spacial score (nSPS) is 18.9. The number of carboxylic acids is 1. The second-order valence-electron chi connectivity index (χ2n) is 4.31. The van der Waals surface area contributed by atoms with Crippen LogP contribution in [-0.2, 0) is 4.79 Å². The van der Waals surface area contributed by atoms with Gasteiger partial charge in [-0.2, -0.15) is 0 Å². The van der Waals surface area contributed by atoms with Crippen molar-refractivity contribution < 1.29 is 19.1 Å². The van der Waals surface area contributed by atoms with E-state index in [9.17, 15) is 14.0 Å². The molecule has 3 N–H and O–H groups in total. The smallest absolute Gasteiger partial charge is 0.308 e. The summed E-state index contributed by atoms with van der Waals surface area (Å²) in [6.45, 7) is 0.544. The number of hydrogen-bond acceptors (Lipinski definition) is 3. The molecule has 1 aromatic rings. The molecule has 2 rings (SSSR count). The highest BCUT2D eigenvalue weighted by molar-refractivity contribution is 5.95. The van der Waals surface area contributed by atoms with Crippen molar-refractivity contribution >= 4 is 17.6 Å². The number of benzene rings is 1. The highest BCUT2D eigenvalue weighted by Gasteiger charge is 2.31. The van der Waals surface area contributed by atoms with E-state index in [2.05, 4.69) is 0 Å². The average molecular weight is 252 g/mol. The van der Waals surface area contributed by atoms with Crippen molar-refractivity contribution in [1.82, 2.24) is 4.90 Å². The van der Waals surface area contributed by atoms with Gasteiger partial charge in [-0.25, -0.2) is 4.39 Å². The van der Waals surface area contributed by atoms with Crippen molar-refractivity contribution in [2.45, 2.75) is 6.42 Å². The van der Waals surface area contributed by atoms with E-state index in [4.69, 9.17) is 10.8 Å². The number of rotatable bonds is 2. The lowest BCUT2D eigenvalue weighted by Crippen LogP contribution is -2.30. The summed E-state index contributed by atoms with van der Waals surface area (Å²) in [5.41, 5.74) is 5.50. The lowest BCUT2D eigenvalue weighted by atomic mass is 10.1. The van der Waals surface area contributed by atoms with Crippen LogP contribution >= 0.6 is 0 Å². The number of carbonyl (C=O) groups excluding carboxylic acids is 1. The van der Waals surface area contributed by atoms with Gasteiger partial charge in [0, 0.05) is 18.7 Å². The first kappa shape index (κ1) is 12.3. The number of anilines is 1. The summed E-state index contributed by atoms with van der Waals surface area (Å²) >= 11 is 0. The van der Waals surface area contributed by atoms with Gasteiger partial charge in [-0.15, -0.1) is 0 Å². The fraction of sp³-hybridized carbons (Fsp3) is 0.333. The van der Waals surface area contributed by atoms with E-state index in [0.717, 1.165) is 6.07 Å². The van der Waals surface area contributed by atoms with Crippen molar-refractivity contribution in [2.24, 2.45) is 5.92 Å². The molecule has 5 nitrogen and oxygen atoms in total. The number of carboxylic acid groups (broad SMARTS) is 1. The monoisotopic (exact) mass is 252 g/mol. The predicted molar refractivity (Wildman–Crippen MR) is 62.5 cm³/mol. The van der Waals surface area contributed by atoms with Crippen molar-refractivity contribution in [1.29, 1.82) is 0 Å². The molecular weight excluding hydrogens is 239 g/mol. The van der Waals surface area contributed by atoms with Gasteiger partial charge in [0.25, 0.3) is 5.91 Å². The Bertz CT molecular complexity index is 504. The minimum absolute atomic E-state index is 0.0172. The minimum atomic E-state index is -0.909. The number of amides is 1. The SMILES string of the molecule is Nc1ccc(C(=O)N2CCC(C(=O)O)C2)cc1F. The zero-order valence-corrected chi connectivity index (χ0v) is 9.60. The molecule has 0 aromatic heterocycles. The summed E-state index contributed by atoms with van der Waals surface area (Å²) in [4.78, 5) is 24.2. The van der Waals surface area contributed by atoms with Crippen molar-refractivity contribution in [2.75, 3.05) is 18.8 Å². The Labute approximate surface area is 103 Å². The molecule has 0 saturated carbocycles. The molecule has 1 saturated heterocycles. The molecule has 0 radical (unpaired) electrons. The number of aliphatic carboxylic acids is 1. The number of nitrogens with two attached hydrogens (primary N) is 1. The van der Waals surface area contributed by atoms with Crippen LogP contribution in [0.1, 0.15) is 16.8 Å². The second-order valence-corrected chi connectivity index (χ2v) is 4.31. The molecule has 96 valence electrons. The van der Waals surface area contributed by atoms with Crippen molar-refractivity contribution in [3.63, 3.8) is 0 Å². The molecular formula is C12H13FN2O3. The van der Waals surface area contributed by atoms with Crippen LogP contribution in [0.4, 0.5) is 10.1 Å². The van der Waals surface area contributed by atoms with Gasteiger partial charge >= 0.3 is 5.97 Å². The van der Waals surface area contributed by atoms with Gasteiger partial charge in [0.05, 0.1) is 11.6 Å². The van der Waals surface area contributed by atoms with E-state index in [1.807, 2.05) is 0 Å². The van der Waals surface area contributed by atoms with Crippen LogP contribution in [-0.4, -0.2) is 35.0 Å². The van der Waals surface area contributed by atoms with Gasteiger partial charge in [-0.1, -0.05) is 0 Å². The maximum absolute atomic E-state index is 13.2. The van der Waals surface area contributed by atoms with Gasteiger partial charge < -0.3 is 15.7 Å². The molecule has 1 amide bonds. The third-order valence-electron chi connectivity index (χ3n) is 3.07. The van der Waals surface area contributed by atoms with E-state index in [0.29, 0.717) is 13.0 Å². The first-order valence-corrected chi connectivity index (χ1v) is 5.56. The first-order valence-electron chi connectivity index (χ1n) is 5.56. The van der Waals surface area contributed by atoms with E-state index in [1.54, 1.807) is 0 Å². The number of nitrogens with zero attached hydrogens (tertiary/aromatic N) is 1. The predicted octanol–water partition coefficient (Wildman–Crippen LogP) is 0.955. The number of hydrogen-bond donors (Lipinski definition) is 2. The van der Waals surface area contributed by atoms with Crippen LogP contribution in [0.2, 0.25) is 0 Å². The molecule has 1 unspecified atom stereocenters. The zero-order valence-electron chi connectivity index (χ0n) is 9.60. The van der Waals surface area contributed by atoms with Crippen LogP contribution in [0.15, 0.2) is 18.2 Å². The zero-order chi connectivity index (χ0) is 13.3. The Hall–Kier alpha value is -2.11. The standard InChI is InChI=1S/C12H13FN2O3/c13-9-5-7(1-2-10(9)14)11(16)15-4-3-8(6-15)12(17)18/h1-2,5,8H,3-4,6,14H2,(H,17,18). The highest BCUT2D eigenvalue weighted by Crippen LogP contribution is 2.20. The maximum atomic E-state index is 13.2. The Morgan fingerprint density at radius 2 is 2.17 bits per heavy atom. The summed E-state index contributed by atoms with van der Waals surface area (Å²) in [5, 5.41) is 8.85. The molecule has 0 spiro atoms. The Morgan fingerprint density at radius 1 is 1.44 bits per heavy atom. The molecule has 1 aliphatic heterocycles. The van der Waals surface area contributed by atoms with E-state index < -0.39 is 17.7 Å². The summed E-state index contributed by atoms with van der Waals surface area (Å²) < 4.78 is 13.2. The van der Waals surface area contributed by atoms with Gasteiger partial charge in [0.2, 0.25) is 0 Å². The largest absolute Gasteiger partial charge is 0.481 e. The van der Waals surface area contributed by atoms with Crippen LogP contribution in [0.25, 0.3) is 0 Å². The third-order valence-corrected chi connectivity index (χ3v) is 3.07. The lowest BCUT2D eigenvalue weighted by Gasteiger charge is -2.16. The Balaban J connectivity index is 2.12. The van der Waals surface area contributed by atoms with Crippen molar-refractivity contribution in [3.05, 3.63) is 29.6 Å². The topological polar surface area (TPSA) is 83.6 Å². The molecule has 1 aliphatic rings. The highest BCUT2D eigenvalue weighted by atomic mass is 19.1. The molecule has 0 bridgehead atoms. The van der Waals surface area contributed by atoms with Gasteiger partial charge in [-0.05, 0) is 24.6 Å². The fourth-order valence-electron chi connectivity index (χ4n) is 1.99. The molecule has 1 aromatic carbocycles. The van der Waals surface area contributed by atoms with Crippen LogP contribution in [0.3, 0.4) is 0 Å². The molecule has 1 fully saturated rings.